The molecule has 0 aromatic carbocycles. The number of esters is 4. The summed E-state index contributed by atoms with van der Waals surface area (Å²) in [7, 11) is -9.98. The molecule has 5 atom stereocenters. The lowest BCUT2D eigenvalue weighted by molar-refractivity contribution is -0.161. The first kappa shape index (κ1) is 95.7. The summed E-state index contributed by atoms with van der Waals surface area (Å²) >= 11 is 0. The summed E-state index contributed by atoms with van der Waals surface area (Å²) < 4.78 is 68.4. The smallest absolute Gasteiger partial charge is 0.462 e. The molecule has 0 aliphatic carbocycles. The Morgan fingerprint density at radius 2 is 0.560 bits per heavy atom. The summed E-state index contributed by atoms with van der Waals surface area (Å²) in [6.45, 7) is 4.54. The summed E-state index contributed by atoms with van der Waals surface area (Å²) in [5.74, 6) is -2.33. The van der Waals surface area contributed by atoms with Crippen molar-refractivity contribution < 1.29 is 80.2 Å². The first-order valence-corrected chi connectivity index (χ1v) is 42.1. The van der Waals surface area contributed by atoms with Gasteiger partial charge in [0.15, 0.2) is 12.2 Å². The normalized spacial score (nSPS) is 14.5. The van der Waals surface area contributed by atoms with E-state index in [9.17, 15) is 43.2 Å². The van der Waals surface area contributed by atoms with E-state index in [-0.39, 0.29) is 25.7 Å². The molecule has 0 radical (unpaired) electrons. The lowest BCUT2D eigenvalue weighted by atomic mass is 10.0. The van der Waals surface area contributed by atoms with Crippen molar-refractivity contribution in [1.82, 2.24) is 0 Å². The van der Waals surface area contributed by atoms with Crippen LogP contribution in [0.4, 0.5) is 0 Å². The van der Waals surface area contributed by atoms with Crippen molar-refractivity contribution >= 4 is 39.5 Å². The summed E-state index contributed by atoms with van der Waals surface area (Å²) in [4.78, 5) is 72.9. The molecule has 576 valence electrons. The van der Waals surface area contributed by atoms with Crippen LogP contribution in [0.1, 0.15) is 323 Å². The maximum Gasteiger partial charge on any atom is 0.472 e. The SMILES string of the molecule is CC/C=C\C/C=C\C/C=C\C/C=C\C/C=C\CC(=O)OCC(COP(=O)(O)OCC(O)COP(=O)(O)OCC(COC(=O)CCCCCCCCC/C=C\C/C=C\C/C=C\CC)OC(=O)CCCCCCC/C=C\CCCCCCCC)OC(=O)CCCCCCCCCCCCCCC. The van der Waals surface area contributed by atoms with Gasteiger partial charge in [-0.3, -0.25) is 37.3 Å². The van der Waals surface area contributed by atoms with E-state index in [2.05, 4.69) is 113 Å². The molecule has 5 unspecified atom stereocenters. The second-order valence-corrected chi connectivity index (χ2v) is 28.8. The number of rotatable bonds is 73. The van der Waals surface area contributed by atoms with Crippen LogP contribution < -0.4 is 0 Å². The first-order chi connectivity index (χ1) is 48.7. The average Bonchev–Trinajstić information content (AvgIpc) is 0.937. The minimum Gasteiger partial charge on any atom is -0.462 e. The monoisotopic (exact) mass is 1450 g/mol. The molecule has 19 heteroatoms. The molecule has 0 aliphatic heterocycles. The van der Waals surface area contributed by atoms with Crippen molar-refractivity contribution in [3.63, 3.8) is 0 Å². The van der Waals surface area contributed by atoms with Crippen molar-refractivity contribution in [2.24, 2.45) is 0 Å². The number of allylic oxidation sites excluding steroid dienone is 17. The summed E-state index contributed by atoms with van der Waals surface area (Å²) in [5, 5.41) is 10.6. The molecule has 0 fully saturated rings. The predicted molar refractivity (Wildman–Crippen MR) is 408 cm³/mol. The van der Waals surface area contributed by atoms with Crippen LogP contribution in [-0.4, -0.2) is 96.7 Å². The van der Waals surface area contributed by atoms with E-state index in [0.29, 0.717) is 25.7 Å². The van der Waals surface area contributed by atoms with E-state index in [4.69, 9.17) is 37.0 Å². The van der Waals surface area contributed by atoms with Crippen LogP contribution in [0.3, 0.4) is 0 Å². The molecule has 0 aromatic heterocycles. The van der Waals surface area contributed by atoms with Gasteiger partial charge in [-0.05, 0) is 109 Å². The Hall–Kier alpha value is -4.28. The van der Waals surface area contributed by atoms with Gasteiger partial charge < -0.3 is 33.8 Å². The lowest BCUT2D eigenvalue weighted by Gasteiger charge is -2.21. The van der Waals surface area contributed by atoms with Crippen LogP contribution in [0.5, 0.6) is 0 Å². The van der Waals surface area contributed by atoms with Gasteiger partial charge in [-0.1, -0.05) is 298 Å². The molecule has 0 heterocycles. The summed E-state index contributed by atoms with van der Waals surface area (Å²) in [6, 6.07) is 0. The van der Waals surface area contributed by atoms with Crippen LogP contribution in [-0.2, 0) is 65.4 Å². The second kappa shape index (κ2) is 73.0. The van der Waals surface area contributed by atoms with Crippen molar-refractivity contribution in [2.45, 2.75) is 341 Å². The molecule has 0 rings (SSSR count). The topological polar surface area (TPSA) is 237 Å². The Balaban J connectivity index is 5.41. The fourth-order valence-corrected chi connectivity index (χ4v) is 11.9. The van der Waals surface area contributed by atoms with Crippen LogP contribution in [0.25, 0.3) is 0 Å². The zero-order valence-corrected chi connectivity index (χ0v) is 64.6. The number of ether oxygens (including phenoxy) is 4. The average molecular weight is 1450 g/mol. The van der Waals surface area contributed by atoms with Gasteiger partial charge in [0.1, 0.15) is 19.3 Å². The third kappa shape index (κ3) is 72.1. The van der Waals surface area contributed by atoms with Crippen molar-refractivity contribution in [2.75, 3.05) is 39.6 Å². The second-order valence-electron chi connectivity index (χ2n) is 25.9. The Morgan fingerprint density at radius 1 is 0.300 bits per heavy atom. The van der Waals surface area contributed by atoms with Gasteiger partial charge in [0.25, 0.3) is 0 Å². The number of hydrogen-bond donors (Lipinski definition) is 3. The Kier molecular flexibility index (Phi) is 69.9. The standard InChI is InChI=1S/C81H140O17P2/c1-5-9-13-17-21-25-29-33-36-37-40-43-46-50-54-58-62-66-79(84)92-72-77(98-81(86)68-64-60-56-52-48-44-39-35-31-27-23-19-15-11-7-3)74-96-100(89,90)94-70-75(82)69-93-99(87,88)95-73-76(97-80(85)67-63-59-55-51-47-41-32-28-24-20-16-12-8-4)71-91-78(83)65-61-57-53-49-45-42-38-34-30-26-22-18-14-10-6-2/h9-10,13-14,21-22,25-26,33-36,38-39,45,49,57,61,75-77,82H,5-8,11-12,15-20,23-24,27-32,37,40-44,46-48,50-56,58-60,62-74H2,1-4H3,(H,87,88)(H,89,90)/b13-9-,14-10-,25-21-,26-22-,36-33-,38-34-,39-35-,49-45-,61-57-. The molecular formula is C81H140O17P2. The largest absolute Gasteiger partial charge is 0.472 e. The van der Waals surface area contributed by atoms with Gasteiger partial charge in [-0.15, -0.1) is 0 Å². The number of aliphatic hydroxyl groups excluding tert-OH is 1. The van der Waals surface area contributed by atoms with Crippen molar-refractivity contribution in [1.29, 1.82) is 0 Å². The number of phosphoric acid groups is 2. The minimum atomic E-state index is -4.99. The van der Waals surface area contributed by atoms with Gasteiger partial charge in [0.05, 0.1) is 32.8 Å². The maximum absolute atomic E-state index is 13.1. The van der Waals surface area contributed by atoms with Gasteiger partial charge in [-0.25, -0.2) is 9.13 Å². The molecule has 0 amide bonds. The molecule has 0 saturated heterocycles. The molecule has 0 aromatic rings. The van der Waals surface area contributed by atoms with Crippen molar-refractivity contribution in [3.05, 3.63) is 109 Å². The third-order valence-electron chi connectivity index (χ3n) is 16.3. The molecule has 0 bridgehead atoms. The molecule has 17 nitrogen and oxygen atoms in total. The fourth-order valence-electron chi connectivity index (χ4n) is 10.4. The zero-order chi connectivity index (χ0) is 73.2. The van der Waals surface area contributed by atoms with Crippen LogP contribution in [0, 0.1) is 0 Å². The van der Waals surface area contributed by atoms with E-state index in [0.717, 1.165) is 154 Å². The highest BCUT2D eigenvalue weighted by molar-refractivity contribution is 7.47. The van der Waals surface area contributed by atoms with E-state index >= 15 is 0 Å². The Labute approximate surface area is 607 Å². The van der Waals surface area contributed by atoms with Crippen LogP contribution in [0.15, 0.2) is 109 Å². The van der Waals surface area contributed by atoms with Gasteiger partial charge in [0, 0.05) is 19.3 Å². The summed E-state index contributed by atoms with van der Waals surface area (Å²) in [6.07, 6.45) is 78.2. The minimum absolute atomic E-state index is 0.0694. The summed E-state index contributed by atoms with van der Waals surface area (Å²) in [5.41, 5.74) is 0. The van der Waals surface area contributed by atoms with Crippen molar-refractivity contribution in [3.8, 4) is 0 Å². The number of unbranched alkanes of at least 4 members (excludes halogenated alkanes) is 30. The highest BCUT2D eigenvalue weighted by Gasteiger charge is 2.30. The van der Waals surface area contributed by atoms with E-state index in [1.807, 2.05) is 18.2 Å². The molecule has 100 heavy (non-hydrogen) atoms. The maximum atomic E-state index is 13.1. The van der Waals surface area contributed by atoms with E-state index in [1.165, 1.54) is 89.9 Å². The van der Waals surface area contributed by atoms with Crippen LogP contribution >= 0.6 is 15.6 Å². The fraction of sp³-hybridized carbons (Fsp3) is 0.728. The molecular weight excluding hydrogens is 1310 g/mol. The highest BCUT2D eigenvalue weighted by atomic mass is 31.2. The number of carbonyl (C=O) groups is 4. The third-order valence-corrected chi connectivity index (χ3v) is 18.2. The van der Waals surface area contributed by atoms with Gasteiger partial charge in [0.2, 0.25) is 0 Å². The molecule has 0 spiro atoms. The van der Waals surface area contributed by atoms with Crippen LogP contribution in [0.2, 0.25) is 0 Å². The Morgan fingerprint density at radius 3 is 0.900 bits per heavy atom. The molecule has 0 aliphatic rings. The van der Waals surface area contributed by atoms with E-state index < -0.39 is 97.5 Å². The number of carbonyl (C=O) groups excluding carboxylic acids is 4. The molecule has 0 saturated carbocycles. The number of hydrogen-bond acceptors (Lipinski definition) is 15. The highest BCUT2D eigenvalue weighted by Crippen LogP contribution is 2.45. The van der Waals surface area contributed by atoms with E-state index in [1.54, 1.807) is 6.08 Å². The predicted octanol–water partition coefficient (Wildman–Crippen LogP) is 22.6. The Bertz CT molecular complexity index is 2320. The zero-order valence-electron chi connectivity index (χ0n) is 62.8. The van der Waals surface area contributed by atoms with Gasteiger partial charge >= 0.3 is 39.5 Å². The molecule has 3 N–H and O–H groups in total. The number of phosphoric ester groups is 2. The quantitative estimate of drug-likeness (QED) is 0.0169. The number of aliphatic hydroxyl groups is 1. The van der Waals surface area contributed by atoms with Gasteiger partial charge in [-0.2, -0.15) is 0 Å². The lowest BCUT2D eigenvalue weighted by Crippen LogP contribution is -2.30. The first-order valence-electron chi connectivity index (χ1n) is 39.1.